The normalized spacial score (nSPS) is 32.4. The zero-order valence-electron chi connectivity index (χ0n) is 20.5. The van der Waals surface area contributed by atoms with Gasteiger partial charge in [-0.3, -0.25) is 0 Å². The maximum absolute atomic E-state index is 6.29. The Morgan fingerprint density at radius 3 is 1.37 bits per heavy atom. The van der Waals surface area contributed by atoms with Gasteiger partial charge in [-0.25, -0.2) is 0 Å². The van der Waals surface area contributed by atoms with Gasteiger partial charge in [0.25, 0.3) is 0 Å². The Hall–Kier alpha value is -2.20. The highest BCUT2D eigenvalue weighted by molar-refractivity contribution is 5.32. The van der Waals surface area contributed by atoms with Crippen molar-refractivity contribution < 1.29 is 37.9 Å². The van der Waals surface area contributed by atoms with Gasteiger partial charge in [0.05, 0.1) is 58.3 Å². The van der Waals surface area contributed by atoms with Gasteiger partial charge in [0.1, 0.15) is 24.7 Å². The average Bonchev–Trinajstić information content (AvgIpc) is 2.89. The summed E-state index contributed by atoms with van der Waals surface area (Å²) in [5.74, 6) is -0.262. The number of hydrogen-bond acceptors (Lipinski definition) is 8. The van der Waals surface area contributed by atoms with E-state index in [1.807, 2.05) is 62.4 Å². The molecule has 2 aromatic rings. The standard InChI is InChI=1S/C27H34O8/c1-25-21-5-3-7-23(15-21)30-13-11-28-9-10-29-12-14-31-24-8-4-6-22(16-24)26(2)34-19-27(17-32-25,18-33-25)20-35-26/h3-8,15-16H,9-14,17-20H2,1-2H3. The highest BCUT2D eigenvalue weighted by atomic mass is 16.7. The minimum atomic E-state index is -0.875. The Labute approximate surface area is 206 Å². The molecule has 0 aromatic heterocycles. The summed E-state index contributed by atoms with van der Waals surface area (Å²) in [4.78, 5) is 0. The van der Waals surface area contributed by atoms with Gasteiger partial charge in [0.2, 0.25) is 0 Å². The molecule has 2 aromatic carbocycles. The smallest absolute Gasteiger partial charge is 0.192 e. The molecule has 1 spiro atoms. The van der Waals surface area contributed by atoms with Gasteiger partial charge in [-0.05, 0) is 38.1 Å². The SMILES string of the molecule is CC12OCC3(CO1)COC(C)(OC3)c1cccc(c1)OCCOCCOCCOc1cccc2c1. The van der Waals surface area contributed by atoms with E-state index in [1.54, 1.807) is 0 Å². The highest BCUT2D eigenvalue weighted by Crippen LogP contribution is 2.43. The van der Waals surface area contributed by atoms with Gasteiger partial charge in [0, 0.05) is 11.1 Å². The molecule has 35 heavy (non-hydrogen) atoms. The quantitative estimate of drug-likeness (QED) is 0.559. The van der Waals surface area contributed by atoms with Crippen molar-refractivity contribution in [3.05, 3.63) is 59.7 Å². The second kappa shape index (κ2) is 10.4. The van der Waals surface area contributed by atoms with Crippen molar-refractivity contribution in [1.29, 1.82) is 0 Å². The maximum Gasteiger partial charge on any atom is 0.192 e. The molecular weight excluding hydrogens is 452 g/mol. The zero-order chi connectivity index (χ0) is 24.2. The lowest BCUT2D eigenvalue weighted by Gasteiger charge is -2.49. The Morgan fingerprint density at radius 2 is 0.943 bits per heavy atom. The second-order valence-corrected chi connectivity index (χ2v) is 9.52. The van der Waals surface area contributed by atoms with Gasteiger partial charge in [0.15, 0.2) is 11.6 Å². The van der Waals surface area contributed by atoms with Crippen LogP contribution in [0.3, 0.4) is 0 Å². The van der Waals surface area contributed by atoms with Gasteiger partial charge >= 0.3 is 0 Å². The summed E-state index contributed by atoms with van der Waals surface area (Å²) in [5, 5.41) is 0. The van der Waals surface area contributed by atoms with E-state index in [4.69, 9.17) is 37.9 Å². The van der Waals surface area contributed by atoms with Crippen molar-refractivity contribution in [3.63, 3.8) is 0 Å². The van der Waals surface area contributed by atoms with Crippen LogP contribution in [0.15, 0.2) is 48.5 Å². The van der Waals surface area contributed by atoms with Crippen molar-refractivity contribution in [2.24, 2.45) is 5.41 Å². The third-order valence-electron chi connectivity index (χ3n) is 6.70. The molecule has 5 aliphatic rings. The van der Waals surface area contributed by atoms with Crippen LogP contribution in [-0.2, 0) is 40.0 Å². The summed E-state index contributed by atoms with van der Waals surface area (Å²) in [5.41, 5.74) is 1.43. The summed E-state index contributed by atoms with van der Waals surface area (Å²) in [6, 6.07) is 15.6. The predicted octanol–water partition coefficient (Wildman–Crippen LogP) is 3.62. The number of rotatable bonds is 0. The fourth-order valence-electron chi connectivity index (χ4n) is 4.33. The van der Waals surface area contributed by atoms with Crippen LogP contribution in [-0.4, -0.2) is 66.1 Å². The lowest BCUT2D eigenvalue weighted by Crippen LogP contribution is -2.56. The number of fused-ring (bicyclic) bond motifs is 2. The largest absolute Gasteiger partial charge is 0.491 e. The van der Waals surface area contributed by atoms with Crippen molar-refractivity contribution >= 4 is 0 Å². The van der Waals surface area contributed by atoms with Crippen LogP contribution in [0, 0.1) is 5.41 Å². The zero-order valence-corrected chi connectivity index (χ0v) is 20.5. The molecule has 0 N–H and O–H groups in total. The third kappa shape index (κ3) is 5.63. The second-order valence-electron chi connectivity index (χ2n) is 9.52. The van der Waals surface area contributed by atoms with Crippen LogP contribution in [0.4, 0.5) is 0 Å². The van der Waals surface area contributed by atoms with Crippen LogP contribution in [0.1, 0.15) is 25.0 Å². The first-order valence-corrected chi connectivity index (χ1v) is 12.2. The van der Waals surface area contributed by atoms with E-state index in [0.717, 1.165) is 22.6 Å². The summed E-state index contributed by atoms with van der Waals surface area (Å²) in [6.07, 6.45) is 0. The number of hydrogen-bond donors (Lipinski definition) is 0. The molecule has 0 aliphatic carbocycles. The van der Waals surface area contributed by atoms with Gasteiger partial charge in [-0.15, -0.1) is 0 Å². The molecule has 5 aliphatic heterocycles. The molecule has 8 heteroatoms. The first-order chi connectivity index (χ1) is 17.0. The number of ether oxygens (including phenoxy) is 8. The monoisotopic (exact) mass is 486 g/mol. The molecule has 0 amide bonds. The molecular formula is C27H34O8. The van der Waals surface area contributed by atoms with Crippen molar-refractivity contribution in [3.8, 4) is 11.5 Å². The van der Waals surface area contributed by atoms with Gasteiger partial charge in [-0.1, -0.05) is 24.3 Å². The van der Waals surface area contributed by atoms with Crippen molar-refractivity contribution in [2.75, 3.05) is 66.1 Å². The molecule has 0 saturated carbocycles. The van der Waals surface area contributed by atoms with E-state index in [0.29, 0.717) is 66.1 Å². The predicted molar refractivity (Wildman–Crippen MR) is 126 cm³/mol. The van der Waals surface area contributed by atoms with E-state index in [2.05, 4.69) is 0 Å². The Balaban J connectivity index is 1.32. The summed E-state index contributed by atoms with van der Waals surface area (Å²) in [7, 11) is 0. The van der Waals surface area contributed by atoms with Gasteiger partial charge < -0.3 is 37.9 Å². The Morgan fingerprint density at radius 1 is 0.543 bits per heavy atom. The van der Waals surface area contributed by atoms with Crippen LogP contribution in [0.5, 0.6) is 11.5 Å². The Kier molecular flexibility index (Phi) is 7.29. The summed E-state index contributed by atoms with van der Waals surface area (Å²) < 4.78 is 48.1. The minimum Gasteiger partial charge on any atom is -0.491 e. The molecule has 2 fully saturated rings. The molecule has 0 unspecified atom stereocenters. The summed E-state index contributed by atoms with van der Waals surface area (Å²) in [6.45, 7) is 8.53. The van der Waals surface area contributed by atoms with Crippen LogP contribution >= 0.6 is 0 Å². The first kappa shape index (κ1) is 24.5. The third-order valence-corrected chi connectivity index (χ3v) is 6.70. The molecule has 2 saturated heterocycles. The molecule has 7 rings (SSSR count). The number of benzene rings is 2. The Bertz CT molecular complexity index is 894. The van der Waals surface area contributed by atoms with Gasteiger partial charge in [-0.2, -0.15) is 0 Å². The minimum absolute atomic E-state index is 0.370. The molecule has 8 nitrogen and oxygen atoms in total. The fraction of sp³-hybridized carbons (Fsp3) is 0.556. The van der Waals surface area contributed by atoms with E-state index < -0.39 is 11.6 Å². The molecule has 0 radical (unpaired) electrons. The first-order valence-electron chi connectivity index (χ1n) is 12.2. The molecule has 190 valence electrons. The highest BCUT2D eigenvalue weighted by Gasteiger charge is 2.49. The van der Waals surface area contributed by atoms with Crippen LogP contribution in [0.2, 0.25) is 0 Å². The average molecular weight is 487 g/mol. The molecule has 0 atom stereocenters. The van der Waals surface area contributed by atoms with E-state index in [9.17, 15) is 0 Å². The lowest BCUT2D eigenvalue weighted by molar-refractivity contribution is -0.368. The van der Waals surface area contributed by atoms with Crippen LogP contribution in [0.25, 0.3) is 0 Å². The molecule has 7 bridgehead atoms. The topological polar surface area (TPSA) is 73.8 Å². The van der Waals surface area contributed by atoms with E-state index >= 15 is 0 Å². The molecule has 5 heterocycles. The van der Waals surface area contributed by atoms with Crippen molar-refractivity contribution in [1.82, 2.24) is 0 Å². The summed E-state index contributed by atoms with van der Waals surface area (Å²) >= 11 is 0. The fourth-order valence-corrected chi connectivity index (χ4v) is 4.33. The van der Waals surface area contributed by atoms with E-state index in [-0.39, 0.29) is 5.41 Å². The van der Waals surface area contributed by atoms with E-state index in [1.165, 1.54) is 0 Å². The van der Waals surface area contributed by atoms with Crippen LogP contribution < -0.4 is 9.47 Å². The lowest BCUT2D eigenvalue weighted by atomic mass is 9.88. The van der Waals surface area contributed by atoms with Crippen molar-refractivity contribution in [2.45, 2.75) is 25.4 Å². The maximum atomic E-state index is 6.29.